The first kappa shape index (κ1) is 15.9. The van der Waals surface area contributed by atoms with Crippen molar-refractivity contribution in [3.8, 4) is 11.4 Å². The van der Waals surface area contributed by atoms with Gasteiger partial charge in [-0.15, -0.1) is 0 Å². The van der Waals surface area contributed by atoms with Crippen molar-refractivity contribution in [3.63, 3.8) is 0 Å². The highest BCUT2D eigenvalue weighted by molar-refractivity contribution is 5.87. The third-order valence-electron chi connectivity index (χ3n) is 3.32. The van der Waals surface area contributed by atoms with E-state index in [0.717, 1.165) is 13.0 Å². The molecule has 0 fully saturated rings. The van der Waals surface area contributed by atoms with E-state index in [1.165, 1.54) is 10.6 Å². The molecule has 0 radical (unpaired) electrons. The van der Waals surface area contributed by atoms with E-state index in [0.29, 0.717) is 17.9 Å². The van der Waals surface area contributed by atoms with Gasteiger partial charge >= 0.3 is 5.97 Å². The predicted molar refractivity (Wildman–Crippen MR) is 84.1 cm³/mol. The maximum atomic E-state index is 12.4. The molecule has 0 amide bonds. The van der Waals surface area contributed by atoms with Crippen LogP contribution in [0.3, 0.4) is 0 Å². The number of carboxylic acid groups (broad SMARTS) is 1. The number of pyridine rings is 2. The Morgan fingerprint density at radius 2 is 2.05 bits per heavy atom. The molecule has 1 N–H and O–H groups in total. The molecule has 0 aromatic carbocycles. The lowest BCUT2D eigenvalue weighted by molar-refractivity contribution is 0.0694. The first-order chi connectivity index (χ1) is 10.5. The molecule has 0 aliphatic carbocycles. The molecular formula is C16H19N3O3. The van der Waals surface area contributed by atoms with Gasteiger partial charge in [0.2, 0.25) is 0 Å². The minimum atomic E-state index is -1.21. The summed E-state index contributed by atoms with van der Waals surface area (Å²) in [4.78, 5) is 29.9. The zero-order valence-corrected chi connectivity index (χ0v) is 12.7. The molecule has 22 heavy (non-hydrogen) atoms. The molecule has 6 heteroatoms. The normalized spacial score (nSPS) is 10.9. The Hall–Kier alpha value is -2.47. The van der Waals surface area contributed by atoms with E-state index in [2.05, 4.69) is 4.98 Å². The average Bonchev–Trinajstić information content (AvgIpc) is 2.49. The number of aromatic nitrogens is 2. The summed E-state index contributed by atoms with van der Waals surface area (Å²) < 4.78 is 1.50. The van der Waals surface area contributed by atoms with Crippen LogP contribution in [0.1, 0.15) is 16.8 Å². The van der Waals surface area contributed by atoms with E-state index < -0.39 is 11.5 Å². The van der Waals surface area contributed by atoms with Crippen molar-refractivity contribution in [2.75, 3.05) is 20.6 Å². The first-order valence-electron chi connectivity index (χ1n) is 7.04. The number of hydrogen-bond acceptors (Lipinski definition) is 4. The van der Waals surface area contributed by atoms with Crippen LogP contribution in [0.15, 0.2) is 41.3 Å². The number of carboxylic acids is 1. The summed E-state index contributed by atoms with van der Waals surface area (Å²) in [6, 6.07) is 8.42. The van der Waals surface area contributed by atoms with Gasteiger partial charge in [-0.3, -0.25) is 9.78 Å². The van der Waals surface area contributed by atoms with Gasteiger partial charge in [-0.05, 0) is 51.3 Å². The zero-order chi connectivity index (χ0) is 16.1. The number of nitrogens with zero attached hydrogens (tertiary/aromatic N) is 3. The van der Waals surface area contributed by atoms with E-state index in [1.807, 2.05) is 25.1 Å². The van der Waals surface area contributed by atoms with Crippen molar-refractivity contribution in [2.24, 2.45) is 0 Å². The quantitative estimate of drug-likeness (QED) is 0.876. The van der Waals surface area contributed by atoms with Crippen LogP contribution in [0.25, 0.3) is 11.4 Å². The molecule has 6 nitrogen and oxygen atoms in total. The maximum Gasteiger partial charge on any atom is 0.341 e. The van der Waals surface area contributed by atoms with Gasteiger partial charge in [-0.1, -0.05) is 6.07 Å². The number of hydrogen-bond donors (Lipinski definition) is 1. The van der Waals surface area contributed by atoms with Gasteiger partial charge in [0.15, 0.2) is 0 Å². The molecule has 2 heterocycles. The van der Waals surface area contributed by atoms with Crippen LogP contribution in [0.4, 0.5) is 0 Å². The molecule has 0 aliphatic rings. The number of aromatic carboxylic acids is 1. The molecule has 2 aromatic heterocycles. The second-order valence-electron chi connectivity index (χ2n) is 5.27. The summed E-state index contributed by atoms with van der Waals surface area (Å²) in [5.41, 5.74) is 0.578. The van der Waals surface area contributed by atoms with Gasteiger partial charge in [-0.25, -0.2) is 4.79 Å². The van der Waals surface area contributed by atoms with Crippen molar-refractivity contribution in [3.05, 3.63) is 52.4 Å². The molecule has 2 rings (SSSR count). The van der Waals surface area contributed by atoms with E-state index in [9.17, 15) is 9.59 Å². The lowest BCUT2D eigenvalue weighted by Crippen LogP contribution is -2.29. The van der Waals surface area contributed by atoms with Crippen LogP contribution < -0.4 is 5.56 Å². The van der Waals surface area contributed by atoms with Gasteiger partial charge in [0, 0.05) is 12.7 Å². The van der Waals surface area contributed by atoms with Crippen molar-refractivity contribution in [1.29, 1.82) is 0 Å². The molecule has 0 bridgehead atoms. The minimum absolute atomic E-state index is 0.218. The summed E-state index contributed by atoms with van der Waals surface area (Å²) in [6.45, 7) is 1.26. The molecule has 0 unspecified atom stereocenters. The summed E-state index contributed by atoms with van der Waals surface area (Å²) >= 11 is 0. The topological polar surface area (TPSA) is 75.4 Å². The molecule has 0 saturated heterocycles. The van der Waals surface area contributed by atoms with Crippen molar-refractivity contribution < 1.29 is 9.90 Å². The van der Waals surface area contributed by atoms with Gasteiger partial charge in [0.05, 0.1) is 11.4 Å². The highest BCUT2D eigenvalue weighted by atomic mass is 16.4. The van der Waals surface area contributed by atoms with Gasteiger partial charge in [-0.2, -0.15) is 0 Å². The van der Waals surface area contributed by atoms with Crippen LogP contribution in [-0.4, -0.2) is 46.2 Å². The van der Waals surface area contributed by atoms with E-state index >= 15 is 0 Å². The molecule has 2 aromatic rings. The molecule has 116 valence electrons. The lowest BCUT2D eigenvalue weighted by atomic mass is 10.2. The van der Waals surface area contributed by atoms with Crippen LogP contribution in [0.5, 0.6) is 0 Å². The fourth-order valence-corrected chi connectivity index (χ4v) is 2.25. The molecule has 0 atom stereocenters. The van der Waals surface area contributed by atoms with Crippen molar-refractivity contribution in [1.82, 2.24) is 14.5 Å². The fraction of sp³-hybridized carbons (Fsp3) is 0.312. The Morgan fingerprint density at radius 1 is 1.27 bits per heavy atom. The van der Waals surface area contributed by atoms with Crippen LogP contribution in [-0.2, 0) is 6.54 Å². The Labute approximate surface area is 128 Å². The van der Waals surface area contributed by atoms with E-state index in [-0.39, 0.29) is 5.56 Å². The summed E-state index contributed by atoms with van der Waals surface area (Å²) in [7, 11) is 3.91. The third kappa shape index (κ3) is 3.59. The Morgan fingerprint density at radius 3 is 2.64 bits per heavy atom. The fourth-order valence-electron chi connectivity index (χ4n) is 2.25. The Bertz CT molecular complexity index is 708. The van der Waals surface area contributed by atoms with Crippen LogP contribution in [0, 0.1) is 0 Å². The largest absolute Gasteiger partial charge is 0.477 e. The van der Waals surface area contributed by atoms with Crippen LogP contribution in [0.2, 0.25) is 0 Å². The lowest BCUT2D eigenvalue weighted by Gasteiger charge is -2.15. The maximum absolute atomic E-state index is 12.4. The highest BCUT2D eigenvalue weighted by Crippen LogP contribution is 2.15. The van der Waals surface area contributed by atoms with Gasteiger partial charge in [0.1, 0.15) is 5.56 Å². The van der Waals surface area contributed by atoms with Crippen molar-refractivity contribution >= 4 is 5.97 Å². The van der Waals surface area contributed by atoms with E-state index in [1.54, 1.807) is 24.4 Å². The van der Waals surface area contributed by atoms with Crippen LogP contribution >= 0.6 is 0 Å². The first-order valence-corrected chi connectivity index (χ1v) is 7.04. The summed E-state index contributed by atoms with van der Waals surface area (Å²) in [5, 5.41) is 9.13. The second-order valence-corrected chi connectivity index (χ2v) is 5.27. The van der Waals surface area contributed by atoms with Crippen molar-refractivity contribution in [2.45, 2.75) is 13.0 Å². The standard InChI is InChI=1S/C16H19N3O3/c1-18(2)10-5-11-19-14(13-6-3-4-9-17-13)8-7-12(15(19)20)16(21)22/h3-4,6-9H,5,10-11H2,1-2H3,(H,21,22). The summed E-state index contributed by atoms with van der Waals surface area (Å²) in [5.74, 6) is -1.21. The molecule has 0 spiro atoms. The Kier molecular flexibility index (Phi) is 5.06. The van der Waals surface area contributed by atoms with Gasteiger partial charge in [0.25, 0.3) is 5.56 Å². The third-order valence-corrected chi connectivity index (χ3v) is 3.32. The number of rotatable bonds is 6. The summed E-state index contributed by atoms with van der Waals surface area (Å²) in [6.07, 6.45) is 2.39. The Balaban J connectivity index is 2.46. The second kappa shape index (κ2) is 7.00. The highest BCUT2D eigenvalue weighted by Gasteiger charge is 2.15. The zero-order valence-electron chi connectivity index (χ0n) is 12.7. The SMILES string of the molecule is CN(C)CCCn1c(-c2ccccn2)ccc(C(=O)O)c1=O. The average molecular weight is 301 g/mol. The predicted octanol–water partition coefficient (Wildman–Crippen LogP) is 1.56. The minimum Gasteiger partial charge on any atom is -0.477 e. The molecule has 0 aliphatic heterocycles. The number of carbonyl (C=O) groups is 1. The molecule has 0 saturated carbocycles. The van der Waals surface area contributed by atoms with E-state index in [4.69, 9.17) is 5.11 Å². The monoisotopic (exact) mass is 301 g/mol. The smallest absolute Gasteiger partial charge is 0.341 e. The van der Waals surface area contributed by atoms with Gasteiger partial charge < -0.3 is 14.6 Å². The molecular weight excluding hydrogens is 282 g/mol.